The predicted molar refractivity (Wildman–Crippen MR) is 248 cm³/mol. The van der Waals surface area contributed by atoms with Crippen LogP contribution < -0.4 is 9.64 Å². The Morgan fingerprint density at radius 1 is 0.383 bits per heavy atom. The van der Waals surface area contributed by atoms with E-state index in [2.05, 4.69) is 228 Å². The molecule has 0 saturated carbocycles. The Hall–Kier alpha value is -7.88. The number of hydrogen-bond donors (Lipinski definition) is 0. The van der Waals surface area contributed by atoms with Gasteiger partial charge in [-0.25, -0.2) is 0 Å². The smallest absolute Gasteiger partial charge is 0.132 e. The van der Waals surface area contributed by atoms with Gasteiger partial charge in [-0.15, -0.1) is 0 Å². The third-order valence-corrected chi connectivity index (χ3v) is 13.0. The molecule has 13 rings (SSSR count). The summed E-state index contributed by atoms with van der Waals surface area (Å²) in [6.07, 6.45) is 0. The molecule has 60 heavy (non-hydrogen) atoms. The maximum atomic E-state index is 6.69. The van der Waals surface area contributed by atoms with Crippen molar-refractivity contribution in [3.63, 3.8) is 0 Å². The number of ether oxygens (including phenoxy) is 1. The molecule has 0 bridgehead atoms. The molecule has 1 spiro atoms. The van der Waals surface area contributed by atoms with Gasteiger partial charge in [0.15, 0.2) is 0 Å². The molecule has 0 unspecified atom stereocenters. The summed E-state index contributed by atoms with van der Waals surface area (Å²) >= 11 is 0. The van der Waals surface area contributed by atoms with Gasteiger partial charge in [0.25, 0.3) is 0 Å². The monoisotopic (exact) mass is 764 g/mol. The van der Waals surface area contributed by atoms with Gasteiger partial charge in [-0.1, -0.05) is 158 Å². The molecule has 0 saturated heterocycles. The molecule has 1 aliphatic heterocycles. The van der Waals surface area contributed by atoms with Gasteiger partial charge in [0.1, 0.15) is 11.5 Å². The molecular formula is C57H36N2O. The number of benzene rings is 10. The van der Waals surface area contributed by atoms with E-state index in [-0.39, 0.29) is 0 Å². The molecule has 0 N–H and O–H groups in total. The topological polar surface area (TPSA) is 17.4 Å². The van der Waals surface area contributed by atoms with Gasteiger partial charge in [-0.3, -0.25) is 0 Å². The minimum absolute atomic E-state index is 0.593. The summed E-state index contributed by atoms with van der Waals surface area (Å²) in [6.45, 7) is 0. The maximum absolute atomic E-state index is 6.69. The molecule has 1 aliphatic carbocycles. The second-order valence-corrected chi connectivity index (χ2v) is 16.0. The third-order valence-electron chi connectivity index (χ3n) is 13.0. The number of fused-ring (bicyclic) bond motifs is 12. The fourth-order valence-electron chi connectivity index (χ4n) is 10.6. The fraction of sp³-hybridized carbons (Fsp3) is 0.0175. The number of hydrogen-bond acceptors (Lipinski definition) is 2. The molecule has 0 radical (unpaired) electrons. The molecule has 280 valence electrons. The minimum atomic E-state index is -0.593. The van der Waals surface area contributed by atoms with Crippen molar-refractivity contribution in [3.05, 3.63) is 241 Å². The largest absolute Gasteiger partial charge is 0.457 e. The Morgan fingerprint density at radius 2 is 1.03 bits per heavy atom. The van der Waals surface area contributed by atoms with Crippen molar-refractivity contribution < 1.29 is 4.74 Å². The van der Waals surface area contributed by atoms with Crippen molar-refractivity contribution in [2.75, 3.05) is 4.90 Å². The molecule has 11 aromatic rings. The average molecular weight is 765 g/mol. The highest BCUT2D eigenvalue weighted by atomic mass is 16.5. The second-order valence-electron chi connectivity index (χ2n) is 16.0. The Bertz CT molecular complexity index is 3500. The zero-order valence-corrected chi connectivity index (χ0v) is 32.6. The SMILES string of the molecule is c1ccc(N(c2ccc3c4ccccc4n(-c4ccc5ccccc5c4)c3c2)c2ccc3c4c(cccc24)C2(c4ccccc4Oc4ccccc42)c2ccccc2-3)cc1. The van der Waals surface area contributed by atoms with E-state index in [0.29, 0.717) is 0 Å². The summed E-state index contributed by atoms with van der Waals surface area (Å²) in [7, 11) is 0. The van der Waals surface area contributed by atoms with Gasteiger partial charge in [0, 0.05) is 44.3 Å². The molecule has 3 nitrogen and oxygen atoms in total. The Labute approximate surface area is 347 Å². The summed E-state index contributed by atoms with van der Waals surface area (Å²) in [5, 5.41) is 7.37. The van der Waals surface area contributed by atoms with Gasteiger partial charge < -0.3 is 14.2 Å². The molecular weight excluding hydrogens is 729 g/mol. The van der Waals surface area contributed by atoms with Crippen molar-refractivity contribution in [3.8, 4) is 28.3 Å². The minimum Gasteiger partial charge on any atom is -0.457 e. The average Bonchev–Trinajstić information content (AvgIpc) is 3.64. The van der Waals surface area contributed by atoms with E-state index in [1.165, 1.54) is 60.1 Å². The van der Waals surface area contributed by atoms with E-state index in [1.807, 2.05) is 0 Å². The van der Waals surface area contributed by atoms with E-state index >= 15 is 0 Å². The summed E-state index contributed by atoms with van der Waals surface area (Å²) < 4.78 is 9.12. The van der Waals surface area contributed by atoms with E-state index in [4.69, 9.17) is 4.74 Å². The fourth-order valence-corrected chi connectivity index (χ4v) is 10.6. The van der Waals surface area contributed by atoms with Crippen LogP contribution in [0, 0.1) is 0 Å². The summed E-state index contributed by atoms with van der Waals surface area (Å²) in [6, 6.07) is 79.8. The first kappa shape index (κ1) is 33.1. The molecule has 10 aromatic carbocycles. The van der Waals surface area contributed by atoms with Gasteiger partial charge in [0.2, 0.25) is 0 Å². The van der Waals surface area contributed by atoms with Gasteiger partial charge >= 0.3 is 0 Å². The normalized spacial score (nSPS) is 13.3. The lowest BCUT2D eigenvalue weighted by Crippen LogP contribution is -2.36. The van der Waals surface area contributed by atoms with Crippen LogP contribution in [0.4, 0.5) is 17.1 Å². The van der Waals surface area contributed by atoms with Gasteiger partial charge in [0.05, 0.1) is 22.1 Å². The van der Waals surface area contributed by atoms with Crippen molar-refractivity contribution >= 4 is 60.4 Å². The van der Waals surface area contributed by atoms with Crippen molar-refractivity contribution in [1.82, 2.24) is 4.57 Å². The van der Waals surface area contributed by atoms with Crippen molar-refractivity contribution in [2.24, 2.45) is 0 Å². The molecule has 3 heteroatoms. The Kier molecular flexibility index (Phi) is 6.93. The van der Waals surface area contributed by atoms with Crippen LogP contribution in [-0.2, 0) is 5.41 Å². The van der Waals surface area contributed by atoms with E-state index in [1.54, 1.807) is 0 Å². The van der Waals surface area contributed by atoms with Crippen LogP contribution in [0.2, 0.25) is 0 Å². The van der Waals surface area contributed by atoms with Gasteiger partial charge in [-0.2, -0.15) is 0 Å². The summed E-state index contributed by atoms with van der Waals surface area (Å²) in [5.41, 5.74) is 13.5. The van der Waals surface area contributed by atoms with E-state index in [9.17, 15) is 0 Å². The standard InChI is InChI=1S/C57H36N2O/c1-2-17-39(18-3-1)58(41-31-32-44-43-20-7-11-26-51(43)59(53(44)36-41)40-30-29-37-15-4-5-16-38(37)35-40)52-34-33-45-42-19-6-8-22-47(42)57(50-25-14-21-46(52)56(45)50)48-23-9-12-27-54(48)60-55-28-13-10-24-49(55)57/h1-36H. The Morgan fingerprint density at radius 3 is 1.87 bits per heavy atom. The first-order chi connectivity index (χ1) is 29.8. The molecule has 2 heterocycles. The van der Waals surface area contributed by atoms with E-state index in [0.717, 1.165) is 50.9 Å². The highest BCUT2D eigenvalue weighted by Gasteiger charge is 2.49. The summed E-state index contributed by atoms with van der Waals surface area (Å²) in [4.78, 5) is 2.45. The third kappa shape index (κ3) is 4.49. The molecule has 2 aliphatic rings. The number of aromatic nitrogens is 1. The molecule has 1 aromatic heterocycles. The molecule has 0 atom stereocenters. The van der Waals surface area contributed by atoms with Crippen LogP contribution in [0.15, 0.2) is 218 Å². The first-order valence-electron chi connectivity index (χ1n) is 20.7. The Balaban J connectivity index is 1.10. The number of nitrogens with zero attached hydrogens (tertiary/aromatic N) is 2. The maximum Gasteiger partial charge on any atom is 0.132 e. The van der Waals surface area contributed by atoms with Crippen LogP contribution in [0.25, 0.3) is 60.2 Å². The lowest BCUT2D eigenvalue weighted by atomic mass is 9.58. The first-order valence-corrected chi connectivity index (χ1v) is 20.7. The van der Waals surface area contributed by atoms with Crippen molar-refractivity contribution in [1.29, 1.82) is 0 Å². The summed E-state index contributed by atoms with van der Waals surface area (Å²) in [5.74, 6) is 1.78. The lowest BCUT2D eigenvalue weighted by molar-refractivity contribution is 0.435. The highest BCUT2D eigenvalue weighted by Crippen LogP contribution is 2.62. The van der Waals surface area contributed by atoms with Gasteiger partial charge in [-0.05, 0) is 99.1 Å². The van der Waals surface area contributed by atoms with Crippen LogP contribution in [0.1, 0.15) is 22.3 Å². The number of para-hydroxylation sites is 4. The van der Waals surface area contributed by atoms with Crippen LogP contribution in [0.3, 0.4) is 0 Å². The van der Waals surface area contributed by atoms with Crippen molar-refractivity contribution in [2.45, 2.75) is 5.41 Å². The second kappa shape index (κ2) is 12.6. The quantitative estimate of drug-likeness (QED) is 0.178. The molecule has 0 amide bonds. The zero-order valence-electron chi connectivity index (χ0n) is 32.6. The highest BCUT2D eigenvalue weighted by molar-refractivity contribution is 6.13. The molecule has 0 fully saturated rings. The predicted octanol–water partition coefficient (Wildman–Crippen LogP) is 15.0. The van der Waals surface area contributed by atoms with E-state index < -0.39 is 5.41 Å². The zero-order chi connectivity index (χ0) is 39.4. The number of anilines is 3. The lowest BCUT2D eigenvalue weighted by Gasteiger charge is -2.45. The number of rotatable bonds is 4. The van der Waals surface area contributed by atoms with Crippen LogP contribution in [0.5, 0.6) is 11.5 Å². The van der Waals surface area contributed by atoms with Crippen LogP contribution >= 0.6 is 0 Å². The van der Waals surface area contributed by atoms with Crippen LogP contribution in [-0.4, -0.2) is 4.57 Å².